The van der Waals surface area contributed by atoms with Gasteiger partial charge in [-0.1, -0.05) is 12.6 Å². The molecule has 1 aromatic rings. The number of hydrogen-bond acceptors (Lipinski definition) is 2. The average molecular weight is 160 g/mol. The molecule has 1 aliphatic heterocycles. The molecule has 0 aliphatic carbocycles. The fourth-order valence-electron chi connectivity index (χ4n) is 1.32. The van der Waals surface area contributed by atoms with Crippen LogP contribution in [0.5, 0.6) is 0 Å². The molecule has 2 heteroatoms. The van der Waals surface area contributed by atoms with Crippen LogP contribution in [0.4, 0.5) is 0 Å². The molecular weight excluding hydrogens is 148 g/mol. The van der Waals surface area contributed by atoms with Crippen molar-refractivity contribution in [2.45, 2.75) is 12.5 Å². The average Bonchev–Trinajstić information content (AvgIpc) is 2.02. The fourth-order valence-corrected chi connectivity index (χ4v) is 1.32. The molecule has 1 saturated heterocycles. The second-order valence-corrected chi connectivity index (χ2v) is 2.99. The first-order chi connectivity index (χ1) is 5.90. The van der Waals surface area contributed by atoms with Crippen LogP contribution in [0.1, 0.15) is 23.9 Å². The van der Waals surface area contributed by atoms with Gasteiger partial charge in [0.15, 0.2) is 0 Å². The normalized spacial score (nSPS) is 21.5. The van der Waals surface area contributed by atoms with Crippen molar-refractivity contribution in [3.05, 3.63) is 36.2 Å². The van der Waals surface area contributed by atoms with Crippen LogP contribution in [0.25, 0.3) is 6.08 Å². The maximum Gasteiger partial charge on any atom is 0.0627 e. The number of hydrogen-bond donors (Lipinski definition) is 1. The molecule has 0 amide bonds. The molecule has 62 valence electrons. The first-order valence-electron chi connectivity index (χ1n) is 4.23. The highest BCUT2D eigenvalue weighted by Gasteiger charge is 2.19. The number of rotatable bonds is 2. The third-order valence-corrected chi connectivity index (χ3v) is 2.18. The van der Waals surface area contributed by atoms with Crippen molar-refractivity contribution in [1.29, 1.82) is 0 Å². The Balaban J connectivity index is 2.25. The maximum atomic E-state index is 4.43. The zero-order valence-electron chi connectivity index (χ0n) is 6.96. The van der Waals surface area contributed by atoms with E-state index in [1.807, 2.05) is 12.1 Å². The SMILES string of the molecule is C=Cc1cccc([C@@H]2CCN2)n1. The fraction of sp³-hybridized carbons (Fsp3) is 0.300. The molecule has 0 radical (unpaired) electrons. The lowest BCUT2D eigenvalue weighted by atomic mass is 10.0. The molecule has 1 aliphatic rings. The summed E-state index contributed by atoms with van der Waals surface area (Å²) >= 11 is 0. The van der Waals surface area contributed by atoms with E-state index in [9.17, 15) is 0 Å². The van der Waals surface area contributed by atoms with E-state index in [0.29, 0.717) is 6.04 Å². The van der Waals surface area contributed by atoms with Crippen molar-refractivity contribution in [3.8, 4) is 0 Å². The predicted molar refractivity (Wildman–Crippen MR) is 49.7 cm³/mol. The van der Waals surface area contributed by atoms with Crippen LogP contribution in [0.2, 0.25) is 0 Å². The Bertz CT molecular complexity index is 290. The molecule has 1 fully saturated rings. The Morgan fingerprint density at radius 3 is 3.00 bits per heavy atom. The molecule has 0 unspecified atom stereocenters. The molecule has 2 nitrogen and oxygen atoms in total. The summed E-state index contributed by atoms with van der Waals surface area (Å²) in [5.74, 6) is 0. The lowest BCUT2D eigenvalue weighted by Gasteiger charge is -2.27. The predicted octanol–water partition coefficient (Wildman–Crippen LogP) is 1.76. The van der Waals surface area contributed by atoms with Crippen molar-refractivity contribution in [1.82, 2.24) is 10.3 Å². The largest absolute Gasteiger partial charge is 0.309 e. The van der Waals surface area contributed by atoms with E-state index in [1.54, 1.807) is 6.08 Å². The van der Waals surface area contributed by atoms with Crippen molar-refractivity contribution in [2.24, 2.45) is 0 Å². The Morgan fingerprint density at radius 2 is 2.42 bits per heavy atom. The van der Waals surface area contributed by atoms with E-state index in [2.05, 4.69) is 22.9 Å². The van der Waals surface area contributed by atoms with Gasteiger partial charge in [0.2, 0.25) is 0 Å². The van der Waals surface area contributed by atoms with Gasteiger partial charge in [-0.2, -0.15) is 0 Å². The zero-order chi connectivity index (χ0) is 8.39. The van der Waals surface area contributed by atoms with Crippen LogP contribution in [0.15, 0.2) is 24.8 Å². The van der Waals surface area contributed by atoms with Crippen LogP contribution in [-0.2, 0) is 0 Å². The van der Waals surface area contributed by atoms with E-state index in [0.717, 1.165) is 17.9 Å². The highest BCUT2D eigenvalue weighted by molar-refractivity contribution is 5.41. The van der Waals surface area contributed by atoms with Gasteiger partial charge in [0, 0.05) is 0 Å². The highest BCUT2D eigenvalue weighted by atomic mass is 15.0. The number of aromatic nitrogens is 1. The van der Waals surface area contributed by atoms with Gasteiger partial charge in [-0.3, -0.25) is 4.98 Å². The van der Waals surface area contributed by atoms with Crippen molar-refractivity contribution < 1.29 is 0 Å². The van der Waals surface area contributed by atoms with Gasteiger partial charge >= 0.3 is 0 Å². The lowest BCUT2D eigenvalue weighted by Crippen LogP contribution is -2.35. The molecule has 0 saturated carbocycles. The van der Waals surface area contributed by atoms with E-state index in [-0.39, 0.29) is 0 Å². The first kappa shape index (κ1) is 7.50. The molecule has 0 spiro atoms. The number of pyridine rings is 1. The monoisotopic (exact) mass is 160 g/mol. The van der Waals surface area contributed by atoms with Gasteiger partial charge in [-0.25, -0.2) is 0 Å². The van der Waals surface area contributed by atoms with Crippen LogP contribution in [0.3, 0.4) is 0 Å². The van der Waals surface area contributed by atoms with Crippen LogP contribution in [0, 0.1) is 0 Å². The molecule has 1 N–H and O–H groups in total. The number of nitrogens with one attached hydrogen (secondary N) is 1. The van der Waals surface area contributed by atoms with Crippen molar-refractivity contribution >= 4 is 6.08 Å². The summed E-state index contributed by atoms with van der Waals surface area (Å²) in [6.07, 6.45) is 2.98. The summed E-state index contributed by atoms with van der Waals surface area (Å²) in [7, 11) is 0. The molecule has 2 heterocycles. The highest BCUT2D eigenvalue weighted by Crippen LogP contribution is 2.20. The summed E-state index contributed by atoms with van der Waals surface area (Å²) in [5.41, 5.74) is 2.10. The van der Waals surface area contributed by atoms with Gasteiger partial charge in [0.25, 0.3) is 0 Å². The Kier molecular flexibility index (Phi) is 1.92. The standard InChI is InChI=1S/C10H12N2/c1-2-8-4-3-5-10(12-8)9-6-7-11-9/h2-5,9,11H,1,6-7H2/t9-/m0/s1. The third kappa shape index (κ3) is 1.25. The summed E-state index contributed by atoms with van der Waals surface area (Å²) < 4.78 is 0. The summed E-state index contributed by atoms with van der Waals surface area (Å²) in [5, 5.41) is 3.32. The minimum Gasteiger partial charge on any atom is -0.309 e. The minimum absolute atomic E-state index is 0.477. The van der Waals surface area contributed by atoms with E-state index < -0.39 is 0 Å². The van der Waals surface area contributed by atoms with Gasteiger partial charge in [-0.05, 0) is 31.2 Å². The van der Waals surface area contributed by atoms with Gasteiger partial charge < -0.3 is 5.32 Å². The van der Waals surface area contributed by atoms with Crippen LogP contribution < -0.4 is 5.32 Å². The Hall–Kier alpha value is -1.15. The Morgan fingerprint density at radius 1 is 1.58 bits per heavy atom. The minimum atomic E-state index is 0.477. The lowest BCUT2D eigenvalue weighted by molar-refractivity contribution is 0.375. The molecule has 1 atom stereocenters. The molecule has 0 aromatic carbocycles. The molecule has 2 rings (SSSR count). The molecule has 1 aromatic heterocycles. The zero-order valence-corrected chi connectivity index (χ0v) is 6.96. The number of nitrogens with zero attached hydrogens (tertiary/aromatic N) is 1. The summed E-state index contributed by atoms with van der Waals surface area (Å²) in [6, 6.07) is 6.53. The van der Waals surface area contributed by atoms with Crippen LogP contribution >= 0.6 is 0 Å². The van der Waals surface area contributed by atoms with E-state index in [1.165, 1.54) is 6.42 Å². The van der Waals surface area contributed by atoms with E-state index >= 15 is 0 Å². The third-order valence-electron chi connectivity index (χ3n) is 2.18. The summed E-state index contributed by atoms with van der Waals surface area (Å²) in [6.45, 7) is 4.81. The quantitative estimate of drug-likeness (QED) is 0.713. The van der Waals surface area contributed by atoms with Crippen molar-refractivity contribution in [3.63, 3.8) is 0 Å². The molecule has 12 heavy (non-hydrogen) atoms. The maximum absolute atomic E-state index is 4.43. The van der Waals surface area contributed by atoms with Crippen LogP contribution in [-0.4, -0.2) is 11.5 Å². The summed E-state index contributed by atoms with van der Waals surface area (Å²) in [4.78, 5) is 4.43. The smallest absolute Gasteiger partial charge is 0.0627 e. The van der Waals surface area contributed by atoms with Crippen molar-refractivity contribution in [2.75, 3.05) is 6.54 Å². The van der Waals surface area contributed by atoms with Gasteiger partial charge in [-0.15, -0.1) is 0 Å². The Labute approximate surface area is 72.3 Å². The van der Waals surface area contributed by atoms with Gasteiger partial charge in [0.1, 0.15) is 0 Å². The van der Waals surface area contributed by atoms with E-state index in [4.69, 9.17) is 0 Å². The molecular formula is C10H12N2. The first-order valence-corrected chi connectivity index (χ1v) is 4.23. The second-order valence-electron chi connectivity index (χ2n) is 2.99. The topological polar surface area (TPSA) is 24.9 Å². The van der Waals surface area contributed by atoms with Gasteiger partial charge in [0.05, 0.1) is 17.4 Å². The second kappa shape index (κ2) is 3.07. The molecule has 0 bridgehead atoms.